The monoisotopic (exact) mass is 365 g/mol. The second kappa shape index (κ2) is 8.45. The molecule has 5 nitrogen and oxygen atoms in total. The van der Waals surface area contributed by atoms with Gasteiger partial charge in [0, 0.05) is 12.6 Å². The number of furan rings is 1. The minimum Gasteiger partial charge on any atom is -0.497 e. The summed E-state index contributed by atoms with van der Waals surface area (Å²) in [6.07, 6.45) is 0. The largest absolute Gasteiger partial charge is 0.497 e. The molecular formula is C22H23NO4. The van der Waals surface area contributed by atoms with Crippen molar-refractivity contribution in [1.29, 1.82) is 0 Å². The molecule has 1 aromatic heterocycles. The van der Waals surface area contributed by atoms with E-state index in [2.05, 4.69) is 0 Å². The van der Waals surface area contributed by atoms with Gasteiger partial charge in [-0.1, -0.05) is 30.3 Å². The summed E-state index contributed by atoms with van der Waals surface area (Å²) in [6, 6.07) is 18.9. The van der Waals surface area contributed by atoms with E-state index in [1.54, 1.807) is 37.3 Å². The molecule has 0 aliphatic heterocycles. The fourth-order valence-electron chi connectivity index (χ4n) is 2.91. The predicted molar refractivity (Wildman–Crippen MR) is 103 cm³/mol. The first-order valence-electron chi connectivity index (χ1n) is 8.71. The first-order valence-corrected chi connectivity index (χ1v) is 8.71. The van der Waals surface area contributed by atoms with Gasteiger partial charge in [0.15, 0.2) is 0 Å². The van der Waals surface area contributed by atoms with Crippen LogP contribution < -0.4 is 9.47 Å². The van der Waals surface area contributed by atoms with Crippen LogP contribution in [0, 0.1) is 6.92 Å². The molecule has 0 unspecified atom stereocenters. The molecule has 2 aromatic carbocycles. The molecule has 3 rings (SSSR count). The number of methoxy groups -OCH3 is 2. The van der Waals surface area contributed by atoms with Gasteiger partial charge in [-0.3, -0.25) is 4.79 Å². The number of hydrogen-bond acceptors (Lipinski definition) is 4. The average molecular weight is 365 g/mol. The van der Waals surface area contributed by atoms with E-state index in [0.717, 1.165) is 17.1 Å². The number of benzene rings is 2. The van der Waals surface area contributed by atoms with Crippen molar-refractivity contribution in [3.63, 3.8) is 0 Å². The molecule has 0 bridgehead atoms. The van der Waals surface area contributed by atoms with E-state index in [1.165, 1.54) is 0 Å². The van der Waals surface area contributed by atoms with Gasteiger partial charge < -0.3 is 18.8 Å². The summed E-state index contributed by atoms with van der Waals surface area (Å²) in [6.45, 7) is 2.73. The maximum Gasteiger partial charge on any atom is 0.258 e. The van der Waals surface area contributed by atoms with Gasteiger partial charge in [0.05, 0.1) is 26.3 Å². The van der Waals surface area contributed by atoms with Gasteiger partial charge in [-0.05, 0) is 36.8 Å². The van der Waals surface area contributed by atoms with Crippen LogP contribution in [0.4, 0.5) is 0 Å². The summed E-state index contributed by atoms with van der Waals surface area (Å²) in [5.41, 5.74) is 1.53. The molecule has 0 N–H and O–H groups in total. The number of carbonyl (C=O) groups excluding carboxylic acids is 1. The smallest absolute Gasteiger partial charge is 0.258 e. The van der Waals surface area contributed by atoms with Crippen LogP contribution in [0.25, 0.3) is 0 Å². The third-order valence-electron chi connectivity index (χ3n) is 4.29. The summed E-state index contributed by atoms with van der Waals surface area (Å²) < 4.78 is 16.3. The molecule has 0 saturated heterocycles. The molecule has 140 valence electrons. The lowest BCUT2D eigenvalue weighted by molar-refractivity contribution is 0.0713. The number of nitrogens with zero attached hydrogens (tertiary/aromatic N) is 1. The molecule has 0 aliphatic carbocycles. The number of aryl methyl sites for hydroxylation is 1. The van der Waals surface area contributed by atoms with Crippen molar-refractivity contribution in [2.24, 2.45) is 0 Å². The third-order valence-corrected chi connectivity index (χ3v) is 4.29. The summed E-state index contributed by atoms with van der Waals surface area (Å²) >= 11 is 0. The molecule has 0 saturated carbocycles. The fraction of sp³-hybridized carbons (Fsp3) is 0.227. The Kier molecular flexibility index (Phi) is 5.81. The number of ether oxygens (including phenoxy) is 2. The second-order valence-corrected chi connectivity index (χ2v) is 6.23. The molecule has 0 spiro atoms. The van der Waals surface area contributed by atoms with Gasteiger partial charge in [0.25, 0.3) is 5.91 Å². The highest BCUT2D eigenvalue weighted by molar-refractivity contribution is 5.97. The molecule has 0 atom stereocenters. The quantitative estimate of drug-likeness (QED) is 0.621. The van der Waals surface area contributed by atoms with Crippen LogP contribution in [-0.4, -0.2) is 25.0 Å². The van der Waals surface area contributed by atoms with Crippen molar-refractivity contribution >= 4 is 5.91 Å². The Balaban J connectivity index is 1.92. The Morgan fingerprint density at radius 2 is 1.74 bits per heavy atom. The van der Waals surface area contributed by atoms with E-state index in [0.29, 0.717) is 30.2 Å². The van der Waals surface area contributed by atoms with E-state index in [4.69, 9.17) is 13.9 Å². The van der Waals surface area contributed by atoms with E-state index >= 15 is 0 Å². The van der Waals surface area contributed by atoms with Crippen LogP contribution in [0.2, 0.25) is 0 Å². The maximum absolute atomic E-state index is 13.3. The Morgan fingerprint density at radius 1 is 0.963 bits per heavy atom. The van der Waals surface area contributed by atoms with Crippen molar-refractivity contribution in [3.05, 3.63) is 83.3 Å². The zero-order chi connectivity index (χ0) is 19.2. The van der Waals surface area contributed by atoms with Crippen LogP contribution in [-0.2, 0) is 13.1 Å². The zero-order valence-electron chi connectivity index (χ0n) is 15.8. The highest BCUT2D eigenvalue weighted by atomic mass is 16.5. The fourth-order valence-corrected chi connectivity index (χ4v) is 2.91. The van der Waals surface area contributed by atoms with Crippen molar-refractivity contribution < 1.29 is 18.7 Å². The highest BCUT2D eigenvalue weighted by Crippen LogP contribution is 2.27. The molecule has 1 amide bonds. The number of amides is 1. The van der Waals surface area contributed by atoms with Crippen LogP contribution in [0.1, 0.15) is 27.4 Å². The van der Waals surface area contributed by atoms with Gasteiger partial charge in [-0.25, -0.2) is 0 Å². The predicted octanol–water partition coefficient (Wildman–Crippen LogP) is 4.45. The van der Waals surface area contributed by atoms with Crippen molar-refractivity contribution in [2.75, 3.05) is 14.2 Å². The molecular weight excluding hydrogens is 342 g/mol. The molecule has 0 radical (unpaired) electrons. The summed E-state index contributed by atoms with van der Waals surface area (Å²) in [7, 11) is 3.13. The lowest BCUT2D eigenvalue weighted by Crippen LogP contribution is -2.30. The second-order valence-electron chi connectivity index (χ2n) is 6.23. The van der Waals surface area contributed by atoms with Crippen LogP contribution >= 0.6 is 0 Å². The highest BCUT2D eigenvalue weighted by Gasteiger charge is 2.22. The van der Waals surface area contributed by atoms with Gasteiger partial charge in [0.1, 0.15) is 23.0 Å². The van der Waals surface area contributed by atoms with E-state index < -0.39 is 0 Å². The Hall–Kier alpha value is -3.21. The normalized spacial score (nSPS) is 10.5. The Morgan fingerprint density at radius 3 is 2.37 bits per heavy atom. The van der Waals surface area contributed by atoms with Crippen LogP contribution in [0.15, 0.2) is 65.1 Å². The van der Waals surface area contributed by atoms with Gasteiger partial charge in [-0.2, -0.15) is 0 Å². The first kappa shape index (κ1) is 18.6. The minimum atomic E-state index is -0.132. The molecule has 3 aromatic rings. The average Bonchev–Trinajstić information content (AvgIpc) is 3.12. The zero-order valence-corrected chi connectivity index (χ0v) is 15.8. The lowest BCUT2D eigenvalue weighted by Gasteiger charge is -2.23. The van der Waals surface area contributed by atoms with Gasteiger partial charge >= 0.3 is 0 Å². The van der Waals surface area contributed by atoms with Crippen LogP contribution in [0.3, 0.4) is 0 Å². The van der Waals surface area contributed by atoms with Crippen molar-refractivity contribution in [2.45, 2.75) is 20.0 Å². The number of rotatable bonds is 7. The van der Waals surface area contributed by atoms with Crippen LogP contribution in [0.5, 0.6) is 11.5 Å². The number of carbonyl (C=O) groups is 1. The summed E-state index contributed by atoms with van der Waals surface area (Å²) in [5, 5.41) is 0. The topological polar surface area (TPSA) is 51.9 Å². The molecule has 0 fully saturated rings. The summed E-state index contributed by atoms with van der Waals surface area (Å²) in [5.74, 6) is 2.54. The molecule has 0 aliphatic rings. The molecule has 5 heteroatoms. The molecule has 27 heavy (non-hydrogen) atoms. The van der Waals surface area contributed by atoms with E-state index in [-0.39, 0.29) is 5.91 Å². The van der Waals surface area contributed by atoms with E-state index in [9.17, 15) is 4.79 Å². The van der Waals surface area contributed by atoms with Crippen molar-refractivity contribution in [1.82, 2.24) is 4.90 Å². The maximum atomic E-state index is 13.3. The van der Waals surface area contributed by atoms with Gasteiger partial charge in [0.2, 0.25) is 0 Å². The lowest BCUT2D eigenvalue weighted by atomic mass is 10.1. The Labute approximate surface area is 159 Å². The van der Waals surface area contributed by atoms with Gasteiger partial charge in [-0.15, -0.1) is 0 Å². The van der Waals surface area contributed by atoms with E-state index in [1.807, 2.05) is 49.4 Å². The third kappa shape index (κ3) is 4.50. The SMILES string of the molecule is COc1ccc(C(=O)N(Cc2ccccc2)Cc2ccc(C)o2)c(OC)c1. The standard InChI is InChI=1S/C22H23NO4/c1-16-9-10-19(27-16)15-23(14-17-7-5-4-6-8-17)22(24)20-12-11-18(25-2)13-21(20)26-3/h4-13H,14-15H2,1-3H3. The number of hydrogen-bond donors (Lipinski definition) is 0. The molecule has 1 heterocycles. The Bertz CT molecular complexity index is 902. The first-order chi connectivity index (χ1) is 13.1. The van der Waals surface area contributed by atoms with Crippen molar-refractivity contribution in [3.8, 4) is 11.5 Å². The minimum absolute atomic E-state index is 0.132. The summed E-state index contributed by atoms with van der Waals surface area (Å²) in [4.78, 5) is 15.1.